The Morgan fingerprint density at radius 1 is 1.09 bits per heavy atom. The first kappa shape index (κ1) is 32.0. The van der Waals surface area contributed by atoms with Gasteiger partial charge in [-0.05, 0) is 50.6 Å². The summed E-state index contributed by atoms with van der Waals surface area (Å²) in [7, 11) is 0. The van der Waals surface area contributed by atoms with E-state index in [0.29, 0.717) is 42.4 Å². The summed E-state index contributed by atoms with van der Waals surface area (Å²) in [6.07, 6.45) is -5.23. The molecule has 13 heteroatoms. The minimum atomic E-state index is -4.77. The van der Waals surface area contributed by atoms with Crippen LogP contribution in [0.5, 0.6) is 5.88 Å². The molecule has 0 aliphatic carbocycles. The number of halogens is 3. The Labute approximate surface area is 259 Å². The van der Waals surface area contributed by atoms with Crippen molar-refractivity contribution in [3.63, 3.8) is 0 Å². The number of alkyl halides is 3. The lowest BCUT2D eigenvalue weighted by atomic mass is 10.1. The van der Waals surface area contributed by atoms with E-state index >= 15 is 0 Å². The standard InChI is InChI=1S/C32H37F3N6O4/c1-3-23-20-40(31(43)45-28(32(33,34)35)21-9-6-5-7-10-21)17-18-41(23)26-13-12-25(24-11-8-15-37-30(24)44-4-2)39-27(26)29(42)38-22-14-16-36-19-22/h5-13,15,22-23,28,36H,3-4,14,16-20H2,1-2H3,(H,38,42)/t22-,23-,28+/m1/s1. The summed E-state index contributed by atoms with van der Waals surface area (Å²) < 4.78 is 52.4. The van der Waals surface area contributed by atoms with Crippen LogP contribution >= 0.6 is 0 Å². The molecule has 0 saturated carbocycles. The molecule has 0 unspecified atom stereocenters. The van der Waals surface area contributed by atoms with Crippen molar-refractivity contribution < 1.29 is 32.2 Å². The summed E-state index contributed by atoms with van der Waals surface area (Å²) in [6, 6.07) is 13.9. The third-order valence-corrected chi connectivity index (χ3v) is 7.95. The number of aromatic nitrogens is 2. The number of piperazine rings is 1. The molecule has 240 valence electrons. The van der Waals surface area contributed by atoms with Gasteiger partial charge in [0.05, 0.1) is 23.6 Å². The number of ether oxygens (including phenoxy) is 2. The van der Waals surface area contributed by atoms with Crippen molar-refractivity contribution in [2.45, 2.75) is 51.1 Å². The summed E-state index contributed by atoms with van der Waals surface area (Å²) in [4.78, 5) is 39.2. The smallest absolute Gasteiger partial charge is 0.429 e. The van der Waals surface area contributed by atoms with Crippen LogP contribution in [-0.4, -0.2) is 84.5 Å². The zero-order valence-corrected chi connectivity index (χ0v) is 25.2. The Balaban J connectivity index is 1.41. The molecule has 10 nitrogen and oxygen atoms in total. The fourth-order valence-corrected chi connectivity index (χ4v) is 5.68. The fraction of sp³-hybridized carbons (Fsp3) is 0.438. The van der Waals surface area contributed by atoms with E-state index in [0.717, 1.165) is 13.0 Å². The zero-order chi connectivity index (χ0) is 32.0. The Hall–Kier alpha value is -4.39. The molecule has 3 atom stereocenters. The van der Waals surface area contributed by atoms with Crippen molar-refractivity contribution in [2.75, 3.05) is 44.2 Å². The normalized spacial score (nSPS) is 19.2. The van der Waals surface area contributed by atoms with E-state index in [1.54, 1.807) is 24.4 Å². The summed E-state index contributed by atoms with van der Waals surface area (Å²) in [5.41, 5.74) is 1.78. The molecular weight excluding hydrogens is 589 g/mol. The van der Waals surface area contributed by atoms with Crippen molar-refractivity contribution in [1.82, 2.24) is 25.5 Å². The third-order valence-electron chi connectivity index (χ3n) is 7.95. The first-order valence-corrected chi connectivity index (χ1v) is 15.1. The van der Waals surface area contributed by atoms with Crippen LogP contribution in [0.3, 0.4) is 0 Å². The molecule has 2 aliphatic rings. The van der Waals surface area contributed by atoms with Crippen LogP contribution in [0.2, 0.25) is 0 Å². The quantitative estimate of drug-likeness (QED) is 0.343. The lowest BCUT2D eigenvalue weighted by Gasteiger charge is -2.42. The van der Waals surface area contributed by atoms with E-state index in [-0.39, 0.29) is 48.9 Å². The Morgan fingerprint density at radius 2 is 1.89 bits per heavy atom. The number of amides is 2. The van der Waals surface area contributed by atoms with Crippen molar-refractivity contribution in [2.24, 2.45) is 0 Å². The van der Waals surface area contributed by atoms with E-state index < -0.39 is 18.4 Å². The van der Waals surface area contributed by atoms with Crippen LogP contribution in [-0.2, 0) is 4.74 Å². The topological polar surface area (TPSA) is 109 Å². The van der Waals surface area contributed by atoms with Gasteiger partial charge in [-0.25, -0.2) is 14.8 Å². The maximum Gasteiger partial charge on any atom is 0.429 e. The minimum absolute atomic E-state index is 0.0482. The van der Waals surface area contributed by atoms with Crippen LogP contribution in [0, 0.1) is 0 Å². The number of nitrogens with one attached hydrogen (secondary N) is 2. The van der Waals surface area contributed by atoms with Gasteiger partial charge >= 0.3 is 12.3 Å². The van der Waals surface area contributed by atoms with Gasteiger partial charge in [-0.1, -0.05) is 37.3 Å². The molecule has 2 N–H and O–H groups in total. The number of benzene rings is 1. The van der Waals surface area contributed by atoms with Crippen LogP contribution in [0.1, 0.15) is 48.8 Å². The fourth-order valence-electron chi connectivity index (χ4n) is 5.68. The van der Waals surface area contributed by atoms with E-state index in [2.05, 4.69) is 15.6 Å². The molecule has 3 aromatic rings. The van der Waals surface area contributed by atoms with E-state index in [4.69, 9.17) is 14.5 Å². The number of carbonyl (C=O) groups excluding carboxylic acids is 2. The second-order valence-electron chi connectivity index (χ2n) is 10.9. The van der Waals surface area contributed by atoms with Crippen LogP contribution in [0.15, 0.2) is 60.8 Å². The van der Waals surface area contributed by atoms with Gasteiger partial charge in [0.2, 0.25) is 12.0 Å². The summed E-state index contributed by atoms with van der Waals surface area (Å²) >= 11 is 0. The molecule has 2 fully saturated rings. The molecular formula is C32H37F3N6O4. The predicted molar refractivity (Wildman–Crippen MR) is 162 cm³/mol. The van der Waals surface area contributed by atoms with Gasteiger partial charge in [0, 0.05) is 50.0 Å². The first-order chi connectivity index (χ1) is 21.7. The molecule has 45 heavy (non-hydrogen) atoms. The molecule has 2 amide bonds. The summed E-state index contributed by atoms with van der Waals surface area (Å²) in [6.45, 7) is 6.11. The van der Waals surface area contributed by atoms with Gasteiger partial charge in [-0.2, -0.15) is 13.2 Å². The number of pyridine rings is 2. The number of rotatable bonds is 9. The average Bonchev–Trinajstić information content (AvgIpc) is 3.56. The molecule has 1 aromatic carbocycles. The maximum atomic E-state index is 13.9. The number of carbonyl (C=O) groups is 2. The highest BCUT2D eigenvalue weighted by Gasteiger charge is 2.45. The minimum Gasteiger partial charge on any atom is -0.477 e. The number of anilines is 1. The monoisotopic (exact) mass is 626 g/mol. The predicted octanol–water partition coefficient (Wildman–Crippen LogP) is 4.97. The Bertz CT molecular complexity index is 1470. The van der Waals surface area contributed by atoms with Crippen molar-refractivity contribution in [3.05, 3.63) is 72.1 Å². The van der Waals surface area contributed by atoms with Crippen molar-refractivity contribution in [3.8, 4) is 17.1 Å². The van der Waals surface area contributed by atoms with Crippen molar-refractivity contribution >= 4 is 17.7 Å². The number of hydrogen-bond acceptors (Lipinski definition) is 8. The van der Waals surface area contributed by atoms with E-state index in [1.807, 2.05) is 30.9 Å². The third kappa shape index (κ3) is 7.47. The van der Waals surface area contributed by atoms with E-state index in [9.17, 15) is 22.8 Å². The van der Waals surface area contributed by atoms with E-state index in [1.165, 1.54) is 29.2 Å². The highest BCUT2D eigenvalue weighted by molar-refractivity contribution is 5.99. The second-order valence-corrected chi connectivity index (χ2v) is 10.9. The highest BCUT2D eigenvalue weighted by Crippen LogP contribution is 2.37. The van der Waals surface area contributed by atoms with Crippen molar-refractivity contribution in [1.29, 1.82) is 0 Å². The zero-order valence-electron chi connectivity index (χ0n) is 25.2. The Morgan fingerprint density at radius 3 is 2.58 bits per heavy atom. The summed E-state index contributed by atoms with van der Waals surface area (Å²) in [5.74, 6) is 0.0628. The number of hydrogen-bond donors (Lipinski definition) is 2. The van der Waals surface area contributed by atoms with Crippen LogP contribution in [0.4, 0.5) is 23.7 Å². The highest BCUT2D eigenvalue weighted by atomic mass is 19.4. The molecule has 2 aromatic heterocycles. The van der Waals surface area contributed by atoms with Crippen LogP contribution in [0.25, 0.3) is 11.3 Å². The van der Waals surface area contributed by atoms with Gasteiger partial charge in [-0.15, -0.1) is 0 Å². The average molecular weight is 627 g/mol. The molecule has 0 bridgehead atoms. The maximum absolute atomic E-state index is 13.9. The number of nitrogens with zero attached hydrogens (tertiary/aromatic N) is 4. The molecule has 2 saturated heterocycles. The lowest BCUT2D eigenvalue weighted by molar-refractivity contribution is -0.209. The summed E-state index contributed by atoms with van der Waals surface area (Å²) in [5, 5.41) is 6.32. The van der Waals surface area contributed by atoms with Gasteiger partial charge in [-0.3, -0.25) is 4.79 Å². The SMILES string of the molecule is CCOc1ncccc1-c1ccc(N2CCN(C(=O)O[C@@H](c3ccccc3)C(F)(F)F)C[C@H]2CC)c(C(=O)N[C@@H]2CCNC2)n1. The van der Waals surface area contributed by atoms with Gasteiger partial charge in [0.25, 0.3) is 5.91 Å². The first-order valence-electron chi connectivity index (χ1n) is 15.1. The van der Waals surface area contributed by atoms with Gasteiger partial charge < -0.3 is 29.9 Å². The van der Waals surface area contributed by atoms with Gasteiger partial charge in [0.15, 0.2) is 5.69 Å². The molecule has 0 radical (unpaired) electrons. The molecule has 5 rings (SSSR count). The molecule has 4 heterocycles. The largest absolute Gasteiger partial charge is 0.477 e. The lowest BCUT2D eigenvalue weighted by Crippen LogP contribution is -2.55. The molecule has 2 aliphatic heterocycles. The Kier molecular flexibility index (Phi) is 10.1. The second kappa shape index (κ2) is 14.1. The molecule has 0 spiro atoms. The van der Waals surface area contributed by atoms with Gasteiger partial charge in [0.1, 0.15) is 0 Å². The van der Waals surface area contributed by atoms with Crippen LogP contribution < -0.4 is 20.3 Å².